The zero-order chi connectivity index (χ0) is 17.9. The van der Waals surface area contributed by atoms with Gasteiger partial charge in [0.05, 0.1) is 31.0 Å². The smallest absolute Gasteiger partial charge is 0.278 e. The summed E-state index contributed by atoms with van der Waals surface area (Å²) in [6.45, 7) is 1.44. The van der Waals surface area contributed by atoms with Crippen LogP contribution in [0.25, 0.3) is 11.0 Å². The Morgan fingerprint density at radius 3 is 2.85 bits per heavy atom. The molecule has 0 aliphatic carbocycles. The second-order valence-corrected chi connectivity index (χ2v) is 6.10. The number of fused-ring (bicyclic) bond motifs is 1. The summed E-state index contributed by atoms with van der Waals surface area (Å²) in [4.78, 5) is 27.0. The molecule has 0 bridgehead atoms. The van der Waals surface area contributed by atoms with Gasteiger partial charge in [0.2, 0.25) is 5.91 Å². The van der Waals surface area contributed by atoms with Crippen LogP contribution in [-0.2, 0) is 11.3 Å². The number of carbonyl (C=O) groups is 1. The number of carbonyl (C=O) groups excluding carboxylic acids is 1. The van der Waals surface area contributed by atoms with Crippen molar-refractivity contribution in [1.29, 1.82) is 0 Å². The van der Waals surface area contributed by atoms with Gasteiger partial charge in [-0.15, -0.1) is 0 Å². The Balaban J connectivity index is 1.39. The van der Waals surface area contributed by atoms with Gasteiger partial charge in [0.25, 0.3) is 11.8 Å². The first-order valence-electron chi connectivity index (χ1n) is 8.44. The second-order valence-electron chi connectivity index (χ2n) is 6.10. The van der Waals surface area contributed by atoms with E-state index in [1.54, 1.807) is 18.7 Å². The Morgan fingerprint density at radius 1 is 1.19 bits per heavy atom. The molecule has 1 aliphatic rings. The lowest BCUT2D eigenvalue weighted by Crippen LogP contribution is -2.33. The van der Waals surface area contributed by atoms with Crippen molar-refractivity contribution >= 4 is 16.9 Å². The zero-order valence-corrected chi connectivity index (χ0v) is 14.4. The summed E-state index contributed by atoms with van der Waals surface area (Å²) in [5, 5.41) is 0. The van der Waals surface area contributed by atoms with Crippen LogP contribution >= 0.6 is 0 Å². The van der Waals surface area contributed by atoms with Crippen molar-refractivity contribution < 1.29 is 14.3 Å². The van der Waals surface area contributed by atoms with Gasteiger partial charge in [0.1, 0.15) is 12.6 Å². The van der Waals surface area contributed by atoms with E-state index in [1.807, 2.05) is 33.7 Å². The molecule has 0 radical (unpaired) electrons. The highest BCUT2D eigenvalue weighted by Crippen LogP contribution is 2.24. The lowest BCUT2D eigenvalue weighted by molar-refractivity contribution is -0.131. The zero-order valence-electron chi connectivity index (χ0n) is 14.4. The Hall–Kier alpha value is -3.16. The van der Waals surface area contributed by atoms with Crippen molar-refractivity contribution in [2.24, 2.45) is 0 Å². The van der Waals surface area contributed by atoms with E-state index >= 15 is 0 Å². The molecule has 0 saturated carbocycles. The first kappa shape index (κ1) is 16.3. The molecule has 3 aromatic rings. The van der Waals surface area contributed by atoms with Crippen LogP contribution in [0, 0.1) is 0 Å². The molecule has 1 fully saturated rings. The Bertz CT molecular complexity index is 926. The molecule has 26 heavy (non-hydrogen) atoms. The van der Waals surface area contributed by atoms with Crippen molar-refractivity contribution in [3.63, 3.8) is 0 Å². The lowest BCUT2D eigenvalue weighted by atomic mass is 10.3. The van der Waals surface area contributed by atoms with E-state index in [0.717, 1.165) is 17.5 Å². The minimum absolute atomic E-state index is 0.0466. The normalized spacial score (nSPS) is 16.8. The number of imidazole rings is 1. The van der Waals surface area contributed by atoms with Crippen molar-refractivity contribution in [3.8, 4) is 11.8 Å². The van der Waals surface area contributed by atoms with E-state index in [-0.39, 0.29) is 18.6 Å². The summed E-state index contributed by atoms with van der Waals surface area (Å²) >= 11 is 0. The number of amides is 1. The summed E-state index contributed by atoms with van der Waals surface area (Å²) in [5.74, 6) is 0.752. The number of aromatic nitrogens is 4. The largest absolute Gasteiger partial charge is 0.477 e. The minimum Gasteiger partial charge on any atom is -0.477 e. The first-order chi connectivity index (χ1) is 12.7. The van der Waals surface area contributed by atoms with Crippen LogP contribution in [-0.4, -0.2) is 56.6 Å². The van der Waals surface area contributed by atoms with E-state index in [2.05, 4.69) is 15.0 Å². The summed E-state index contributed by atoms with van der Waals surface area (Å²) in [6, 6.07) is 7.78. The number of benzene rings is 1. The highest BCUT2D eigenvalue weighted by atomic mass is 16.5. The van der Waals surface area contributed by atoms with E-state index in [1.165, 1.54) is 7.11 Å². The maximum atomic E-state index is 12.6. The predicted molar refractivity (Wildman–Crippen MR) is 93.9 cm³/mol. The molecule has 0 spiro atoms. The molecule has 4 rings (SSSR count). The third-order valence-electron chi connectivity index (χ3n) is 4.44. The summed E-state index contributed by atoms with van der Waals surface area (Å²) < 4.78 is 12.9. The van der Waals surface area contributed by atoms with Crippen molar-refractivity contribution in [1.82, 2.24) is 24.4 Å². The maximum Gasteiger partial charge on any atom is 0.278 e. The minimum atomic E-state index is -0.121. The van der Waals surface area contributed by atoms with Crippen LogP contribution in [0.15, 0.2) is 43.0 Å². The van der Waals surface area contributed by atoms with Gasteiger partial charge < -0.3 is 18.9 Å². The fourth-order valence-corrected chi connectivity index (χ4v) is 3.12. The molecule has 1 aliphatic heterocycles. The highest BCUT2D eigenvalue weighted by Gasteiger charge is 2.29. The number of hydrogen-bond donors (Lipinski definition) is 0. The van der Waals surface area contributed by atoms with E-state index in [9.17, 15) is 4.79 Å². The number of hydrogen-bond acceptors (Lipinski definition) is 6. The summed E-state index contributed by atoms with van der Waals surface area (Å²) in [5.41, 5.74) is 1.84. The van der Waals surface area contributed by atoms with Crippen LogP contribution in [0.4, 0.5) is 0 Å². The number of rotatable bonds is 5. The van der Waals surface area contributed by atoms with E-state index in [0.29, 0.717) is 24.8 Å². The van der Waals surface area contributed by atoms with Gasteiger partial charge in [-0.2, -0.15) is 0 Å². The van der Waals surface area contributed by atoms with Crippen LogP contribution in [0.5, 0.6) is 11.8 Å². The first-order valence-corrected chi connectivity index (χ1v) is 8.44. The van der Waals surface area contributed by atoms with Gasteiger partial charge in [-0.3, -0.25) is 4.79 Å². The molecule has 2 aromatic heterocycles. The molecular formula is C18H19N5O3. The fraction of sp³-hybridized carbons (Fsp3) is 0.333. The third-order valence-corrected chi connectivity index (χ3v) is 4.44. The molecule has 3 heterocycles. The van der Waals surface area contributed by atoms with Crippen LogP contribution in [0.2, 0.25) is 0 Å². The SMILES string of the molecule is COc1nccnc1OC1CCN(C(=O)Cn2cnc3ccccc32)C1. The van der Waals surface area contributed by atoms with E-state index < -0.39 is 0 Å². The molecule has 1 aromatic carbocycles. The standard InChI is InChI=1S/C18H19N5O3/c1-25-17-18(20-8-7-19-17)26-13-6-9-22(10-13)16(24)11-23-12-21-14-4-2-3-5-15(14)23/h2-5,7-8,12-13H,6,9-11H2,1H3. The highest BCUT2D eigenvalue weighted by molar-refractivity contribution is 5.80. The third kappa shape index (κ3) is 3.17. The summed E-state index contributed by atoms with van der Waals surface area (Å²) in [6.07, 6.45) is 5.43. The van der Waals surface area contributed by atoms with Crippen LogP contribution in [0.3, 0.4) is 0 Å². The number of methoxy groups -OCH3 is 1. The van der Waals surface area contributed by atoms with Crippen LogP contribution < -0.4 is 9.47 Å². The number of likely N-dealkylation sites (tertiary alicyclic amines) is 1. The maximum absolute atomic E-state index is 12.6. The Labute approximate surface area is 150 Å². The molecule has 1 amide bonds. The predicted octanol–water partition coefficient (Wildman–Crippen LogP) is 1.51. The molecule has 1 atom stereocenters. The van der Waals surface area contributed by atoms with Gasteiger partial charge in [-0.05, 0) is 12.1 Å². The fourth-order valence-electron chi connectivity index (χ4n) is 3.12. The van der Waals surface area contributed by atoms with Gasteiger partial charge in [0.15, 0.2) is 0 Å². The summed E-state index contributed by atoms with van der Waals surface area (Å²) in [7, 11) is 1.52. The van der Waals surface area contributed by atoms with Gasteiger partial charge in [0, 0.05) is 25.4 Å². The number of para-hydroxylation sites is 2. The monoisotopic (exact) mass is 353 g/mol. The topological polar surface area (TPSA) is 82.4 Å². The second kappa shape index (κ2) is 6.99. The van der Waals surface area contributed by atoms with E-state index in [4.69, 9.17) is 9.47 Å². The van der Waals surface area contributed by atoms with Gasteiger partial charge in [-0.1, -0.05) is 12.1 Å². The molecule has 1 unspecified atom stereocenters. The van der Waals surface area contributed by atoms with Gasteiger partial charge in [-0.25, -0.2) is 15.0 Å². The Morgan fingerprint density at radius 2 is 2.00 bits per heavy atom. The molecule has 0 N–H and O–H groups in total. The lowest BCUT2D eigenvalue weighted by Gasteiger charge is -2.18. The van der Waals surface area contributed by atoms with Crippen molar-refractivity contribution in [3.05, 3.63) is 43.0 Å². The van der Waals surface area contributed by atoms with Crippen molar-refractivity contribution in [2.75, 3.05) is 20.2 Å². The molecular weight excluding hydrogens is 334 g/mol. The van der Waals surface area contributed by atoms with Crippen molar-refractivity contribution in [2.45, 2.75) is 19.1 Å². The molecule has 8 nitrogen and oxygen atoms in total. The average Bonchev–Trinajstić information content (AvgIpc) is 3.30. The van der Waals surface area contributed by atoms with Crippen LogP contribution in [0.1, 0.15) is 6.42 Å². The molecule has 134 valence electrons. The van der Waals surface area contributed by atoms with Gasteiger partial charge >= 0.3 is 0 Å². The number of nitrogens with zero attached hydrogens (tertiary/aromatic N) is 5. The average molecular weight is 353 g/mol. The number of ether oxygens (including phenoxy) is 2. The Kier molecular flexibility index (Phi) is 4.39. The molecule has 1 saturated heterocycles. The quantitative estimate of drug-likeness (QED) is 0.692. The molecule has 8 heteroatoms.